The van der Waals surface area contributed by atoms with Gasteiger partial charge in [0.1, 0.15) is 22.9 Å². The lowest BCUT2D eigenvalue weighted by Crippen LogP contribution is -2.27. The topological polar surface area (TPSA) is 136 Å². The average molecular weight is 523 g/mol. The van der Waals surface area contributed by atoms with Crippen LogP contribution < -0.4 is 5.32 Å². The normalized spacial score (nSPS) is 11.5. The number of rotatable bonds is 6. The van der Waals surface area contributed by atoms with Crippen molar-refractivity contribution in [1.29, 1.82) is 0 Å². The SMILES string of the molecule is CN(C)CC(=O)Nc1cncc(-c2cnc3[nH]nc(-c4cc5c(-c6cc(O)cc(F)c6)ccnc5[nH]4)c3c2)c1. The Hall–Kier alpha value is -5.16. The summed E-state index contributed by atoms with van der Waals surface area (Å²) in [5.41, 5.74) is 5.94. The van der Waals surface area contributed by atoms with Crippen molar-refractivity contribution in [1.82, 2.24) is 35.0 Å². The first-order valence-electron chi connectivity index (χ1n) is 12.1. The molecule has 0 aliphatic rings. The number of aromatic hydroxyl groups is 1. The molecule has 0 fully saturated rings. The van der Waals surface area contributed by atoms with Crippen LogP contribution in [0.15, 0.2) is 67.3 Å². The predicted molar refractivity (Wildman–Crippen MR) is 146 cm³/mol. The third-order valence-corrected chi connectivity index (χ3v) is 6.21. The fraction of sp³-hybridized carbons (Fsp3) is 0.107. The van der Waals surface area contributed by atoms with Crippen LogP contribution in [0.1, 0.15) is 0 Å². The van der Waals surface area contributed by atoms with Crippen LogP contribution in [0.3, 0.4) is 0 Å². The maximum Gasteiger partial charge on any atom is 0.238 e. The van der Waals surface area contributed by atoms with Gasteiger partial charge in [0.15, 0.2) is 5.65 Å². The highest BCUT2D eigenvalue weighted by atomic mass is 19.1. The Bertz CT molecular complexity index is 1840. The number of aromatic nitrogens is 6. The van der Waals surface area contributed by atoms with E-state index in [1.54, 1.807) is 35.8 Å². The minimum Gasteiger partial charge on any atom is -0.508 e. The molecule has 0 radical (unpaired) electrons. The Morgan fingerprint density at radius 2 is 1.82 bits per heavy atom. The molecule has 0 aliphatic heterocycles. The van der Waals surface area contributed by atoms with Gasteiger partial charge in [0.2, 0.25) is 5.91 Å². The number of fused-ring (bicyclic) bond motifs is 2. The first kappa shape index (κ1) is 24.2. The van der Waals surface area contributed by atoms with Gasteiger partial charge in [0.05, 0.1) is 24.1 Å². The van der Waals surface area contributed by atoms with Crippen molar-refractivity contribution in [3.63, 3.8) is 0 Å². The van der Waals surface area contributed by atoms with Crippen LogP contribution in [0.4, 0.5) is 10.1 Å². The zero-order valence-electron chi connectivity index (χ0n) is 21.0. The van der Waals surface area contributed by atoms with E-state index in [4.69, 9.17) is 0 Å². The third kappa shape index (κ3) is 4.78. The maximum absolute atomic E-state index is 14.0. The average Bonchev–Trinajstić information content (AvgIpc) is 3.51. The third-order valence-electron chi connectivity index (χ3n) is 6.21. The quantitative estimate of drug-likeness (QED) is 0.251. The van der Waals surface area contributed by atoms with Gasteiger partial charge in [-0.05, 0) is 61.6 Å². The van der Waals surface area contributed by atoms with E-state index < -0.39 is 5.82 Å². The van der Waals surface area contributed by atoms with E-state index in [-0.39, 0.29) is 18.2 Å². The second-order valence-electron chi connectivity index (χ2n) is 9.44. The van der Waals surface area contributed by atoms with E-state index in [2.05, 4.69) is 35.5 Å². The van der Waals surface area contributed by atoms with Gasteiger partial charge >= 0.3 is 0 Å². The van der Waals surface area contributed by atoms with Gasteiger partial charge in [-0.15, -0.1) is 0 Å². The van der Waals surface area contributed by atoms with Crippen LogP contribution >= 0.6 is 0 Å². The van der Waals surface area contributed by atoms with E-state index in [0.29, 0.717) is 33.9 Å². The highest BCUT2D eigenvalue weighted by Crippen LogP contribution is 2.35. The van der Waals surface area contributed by atoms with E-state index in [0.717, 1.165) is 33.5 Å². The molecule has 194 valence electrons. The highest BCUT2D eigenvalue weighted by molar-refractivity contribution is 6.00. The number of phenolic OH excluding ortho intramolecular Hbond substituents is 1. The summed E-state index contributed by atoms with van der Waals surface area (Å²) in [4.78, 5) is 30.5. The molecule has 0 spiro atoms. The molecule has 5 heterocycles. The molecule has 0 saturated heterocycles. The largest absolute Gasteiger partial charge is 0.508 e. The number of carbonyl (C=O) groups is 1. The number of amides is 1. The van der Waals surface area contributed by atoms with Gasteiger partial charge in [-0.3, -0.25) is 14.9 Å². The molecule has 0 atom stereocenters. The van der Waals surface area contributed by atoms with Gasteiger partial charge < -0.3 is 20.3 Å². The Labute approximate surface area is 221 Å². The van der Waals surface area contributed by atoms with Crippen molar-refractivity contribution in [3.8, 4) is 39.4 Å². The number of anilines is 1. The summed E-state index contributed by atoms with van der Waals surface area (Å²) in [7, 11) is 3.65. The summed E-state index contributed by atoms with van der Waals surface area (Å²) in [5, 5.41) is 21.7. The van der Waals surface area contributed by atoms with Crippen molar-refractivity contribution in [2.24, 2.45) is 0 Å². The molecular weight excluding hydrogens is 499 g/mol. The molecule has 10 nitrogen and oxygen atoms in total. The van der Waals surface area contributed by atoms with Crippen molar-refractivity contribution in [2.75, 3.05) is 26.0 Å². The Kier molecular flexibility index (Phi) is 5.97. The fourth-order valence-corrected chi connectivity index (χ4v) is 4.56. The number of benzene rings is 1. The predicted octanol–water partition coefficient (Wildman–Crippen LogP) is 4.58. The van der Waals surface area contributed by atoms with Crippen molar-refractivity contribution in [2.45, 2.75) is 0 Å². The monoisotopic (exact) mass is 522 g/mol. The molecule has 1 aromatic carbocycles. The van der Waals surface area contributed by atoms with Gasteiger partial charge in [0, 0.05) is 46.6 Å². The molecule has 6 aromatic rings. The van der Waals surface area contributed by atoms with Crippen molar-refractivity contribution < 1.29 is 14.3 Å². The number of carbonyl (C=O) groups excluding carboxylic acids is 1. The number of hydrogen-bond donors (Lipinski definition) is 4. The van der Waals surface area contributed by atoms with Crippen LogP contribution in [0, 0.1) is 5.82 Å². The number of nitrogens with zero attached hydrogens (tertiary/aromatic N) is 5. The van der Waals surface area contributed by atoms with E-state index in [1.165, 1.54) is 12.1 Å². The molecular formula is C28H23FN8O2. The molecule has 11 heteroatoms. The van der Waals surface area contributed by atoms with E-state index >= 15 is 0 Å². The van der Waals surface area contributed by atoms with Gasteiger partial charge in [0.25, 0.3) is 0 Å². The standard InChI is InChI=1S/C28H23FN8O2/c1-37(2)14-25(39)33-19-6-16(11-30-13-19)17-8-23-26(35-36-28(23)32-12-17)24-10-22-21(3-4-31-27(22)34-24)15-5-18(29)9-20(38)7-15/h3-13,38H,14H2,1-2H3,(H,31,34)(H,33,39)(H,32,35,36). The number of hydrogen-bond acceptors (Lipinski definition) is 7. The lowest BCUT2D eigenvalue weighted by atomic mass is 10.0. The van der Waals surface area contributed by atoms with Gasteiger partial charge in [-0.2, -0.15) is 5.10 Å². The molecule has 39 heavy (non-hydrogen) atoms. The summed E-state index contributed by atoms with van der Waals surface area (Å²) in [5.74, 6) is -0.818. The number of phenols is 1. The summed E-state index contributed by atoms with van der Waals surface area (Å²) >= 11 is 0. The van der Waals surface area contributed by atoms with E-state index in [9.17, 15) is 14.3 Å². The second-order valence-corrected chi connectivity index (χ2v) is 9.44. The summed E-state index contributed by atoms with van der Waals surface area (Å²) < 4.78 is 14.0. The van der Waals surface area contributed by atoms with Crippen LogP contribution in [0.5, 0.6) is 5.75 Å². The lowest BCUT2D eigenvalue weighted by molar-refractivity contribution is -0.116. The highest BCUT2D eigenvalue weighted by Gasteiger charge is 2.16. The number of aromatic amines is 2. The molecule has 0 aliphatic carbocycles. The first-order chi connectivity index (χ1) is 18.8. The van der Waals surface area contributed by atoms with Crippen LogP contribution in [0.2, 0.25) is 0 Å². The van der Waals surface area contributed by atoms with Crippen LogP contribution in [0.25, 0.3) is 55.7 Å². The number of nitrogens with one attached hydrogen (secondary N) is 3. The van der Waals surface area contributed by atoms with Gasteiger partial charge in [-0.1, -0.05) is 0 Å². The Morgan fingerprint density at radius 1 is 0.974 bits per heavy atom. The number of likely N-dealkylation sites (N-methyl/N-ethyl adjacent to an activating group) is 1. The lowest BCUT2D eigenvalue weighted by Gasteiger charge is -2.10. The van der Waals surface area contributed by atoms with Crippen LogP contribution in [-0.4, -0.2) is 66.7 Å². The van der Waals surface area contributed by atoms with E-state index in [1.807, 2.05) is 32.3 Å². The zero-order valence-corrected chi connectivity index (χ0v) is 21.0. The Balaban J connectivity index is 1.39. The molecule has 1 amide bonds. The molecule has 0 unspecified atom stereocenters. The van der Waals surface area contributed by atoms with Crippen LogP contribution in [-0.2, 0) is 4.79 Å². The molecule has 4 N–H and O–H groups in total. The fourth-order valence-electron chi connectivity index (χ4n) is 4.56. The molecule has 5 aromatic heterocycles. The smallest absolute Gasteiger partial charge is 0.238 e. The number of H-pyrrole nitrogens is 2. The maximum atomic E-state index is 14.0. The zero-order chi connectivity index (χ0) is 27.1. The summed E-state index contributed by atoms with van der Waals surface area (Å²) in [6.07, 6.45) is 6.64. The van der Waals surface area contributed by atoms with Gasteiger partial charge in [-0.25, -0.2) is 14.4 Å². The molecule has 0 bridgehead atoms. The second kappa shape index (κ2) is 9.62. The minimum absolute atomic E-state index is 0.134. The van der Waals surface area contributed by atoms with Crippen molar-refractivity contribution >= 4 is 33.7 Å². The first-order valence-corrected chi connectivity index (χ1v) is 12.1. The number of halogens is 1. The summed E-state index contributed by atoms with van der Waals surface area (Å²) in [6, 6.07) is 11.4. The minimum atomic E-state index is -0.529. The van der Waals surface area contributed by atoms with Crippen molar-refractivity contribution in [3.05, 3.63) is 73.1 Å². The number of pyridine rings is 3. The Morgan fingerprint density at radius 3 is 2.64 bits per heavy atom. The molecule has 0 saturated carbocycles. The summed E-state index contributed by atoms with van der Waals surface area (Å²) in [6.45, 7) is 0.261. The molecule has 6 rings (SSSR count).